The molecule has 96 valence electrons. The molecule has 0 amide bonds. The Morgan fingerprint density at radius 3 is 3.05 bits per heavy atom. The number of nitrogens with zero attached hydrogens (tertiary/aromatic N) is 4. The van der Waals surface area contributed by atoms with E-state index in [-0.39, 0.29) is 6.10 Å². The number of morpholine rings is 1. The van der Waals surface area contributed by atoms with E-state index in [1.165, 1.54) is 11.8 Å². The van der Waals surface area contributed by atoms with Crippen LogP contribution in [0.5, 0.6) is 0 Å². The van der Waals surface area contributed by atoms with Gasteiger partial charge in [-0.15, -0.1) is 0 Å². The molecule has 0 bridgehead atoms. The molecular formula is C13H12N4OS. The molecular weight excluding hydrogens is 260 g/mol. The molecule has 0 spiro atoms. The fraction of sp³-hybridized carbons (Fsp3) is 0.308. The van der Waals surface area contributed by atoms with Crippen molar-refractivity contribution in [2.24, 2.45) is 0 Å². The van der Waals surface area contributed by atoms with E-state index >= 15 is 0 Å². The zero-order valence-corrected chi connectivity index (χ0v) is 11.0. The maximum absolute atomic E-state index is 8.72. The van der Waals surface area contributed by atoms with Crippen LogP contribution in [0, 0.1) is 11.3 Å². The lowest BCUT2D eigenvalue weighted by molar-refractivity contribution is 0.0398. The molecule has 1 saturated heterocycles. The van der Waals surface area contributed by atoms with Gasteiger partial charge in [0.2, 0.25) is 0 Å². The van der Waals surface area contributed by atoms with E-state index in [9.17, 15) is 0 Å². The molecule has 2 aromatic rings. The van der Waals surface area contributed by atoms with Crippen LogP contribution >= 0.6 is 11.3 Å². The summed E-state index contributed by atoms with van der Waals surface area (Å²) >= 11 is 1.67. The lowest BCUT2D eigenvalue weighted by Crippen LogP contribution is -2.38. The van der Waals surface area contributed by atoms with Gasteiger partial charge in [0.15, 0.2) is 5.69 Å². The highest BCUT2D eigenvalue weighted by Crippen LogP contribution is 2.26. The number of ether oxygens (including phenoxy) is 1. The predicted octanol–water partition coefficient (Wildman–Crippen LogP) is 1.99. The van der Waals surface area contributed by atoms with Crippen molar-refractivity contribution >= 4 is 17.2 Å². The molecule has 1 aliphatic rings. The summed E-state index contributed by atoms with van der Waals surface area (Å²) in [6.45, 7) is 2.22. The van der Waals surface area contributed by atoms with E-state index in [1.54, 1.807) is 17.5 Å². The van der Waals surface area contributed by atoms with Crippen molar-refractivity contribution in [2.45, 2.75) is 6.10 Å². The number of rotatable bonds is 2. The average Bonchev–Trinajstić information content (AvgIpc) is 3.02. The topological polar surface area (TPSA) is 62.0 Å². The zero-order chi connectivity index (χ0) is 13.1. The van der Waals surface area contributed by atoms with Crippen molar-refractivity contribution in [3.63, 3.8) is 0 Å². The van der Waals surface area contributed by atoms with Crippen molar-refractivity contribution < 1.29 is 4.74 Å². The molecule has 2 aromatic heterocycles. The molecule has 1 atom stereocenters. The first-order valence-corrected chi connectivity index (χ1v) is 6.92. The second kappa shape index (κ2) is 5.34. The lowest BCUT2D eigenvalue weighted by atomic mass is 10.1. The van der Waals surface area contributed by atoms with Crippen LogP contribution in [0.3, 0.4) is 0 Å². The van der Waals surface area contributed by atoms with Gasteiger partial charge < -0.3 is 9.64 Å². The lowest BCUT2D eigenvalue weighted by Gasteiger charge is -2.33. The van der Waals surface area contributed by atoms with E-state index in [0.29, 0.717) is 12.3 Å². The van der Waals surface area contributed by atoms with Gasteiger partial charge in [-0.3, -0.25) is 0 Å². The Hall–Kier alpha value is -1.97. The monoisotopic (exact) mass is 272 g/mol. The molecule has 0 radical (unpaired) electrons. The van der Waals surface area contributed by atoms with E-state index in [1.807, 2.05) is 6.07 Å². The van der Waals surface area contributed by atoms with Gasteiger partial charge in [-0.1, -0.05) is 0 Å². The van der Waals surface area contributed by atoms with Crippen molar-refractivity contribution in [1.82, 2.24) is 9.97 Å². The summed E-state index contributed by atoms with van der Waals surface area (Å²) in [5.41, 5.74) is 1.54. The van der Waals surface area contributed by atoms with Crippen LogP contribution in [0.1, 0.15) is 17.4 Å². The maximum atomic E-state index is 8.72. The number of nitriles is 1. The van der Waals surface area contributed by atoms with Gasteiger partial charge in [0.1, 0.15) is 18.0 Å². The number of hydrogen-bond acceptors (Lipinski definition) is 6. The number of aromatic nitrogens is 2. The molecule has 19 heavy (non-hydrogen) atoms. The van der Waals surface area contributed by atoms with Crippen molar-refractivity contribution in [1.29, 1.82) is 5.26 Å². The van der Waals surface area contributed by atoms with Crippen molar-refractivity contribution in [3.8, 4) is 6.07 Å². The van der Waals surface area contributed by atoms with E-state index in [4.69, 9.17) is 10.00 Å². The van der Waals surface area contributed by atoms with Gasteiger partial charge in [-0.05, 0) is 22.4 Å². The van der Waals surface area contributed by atoms with Crippen molar-refractivity contribution in [2.75, 3.05) is 24.6 Å². The van der Waals surface area contributed by atoms with Gasteiger partial charge in [-0.2, -0.15) is 16.6 Å². The largest absolute Gasteiger partial charge is 0.370 e. The van der Waals surface area contributed by atoms with E-state index in [2.05, 4.69) is 31.7 Å². The minimum absolute atomic E-state index is 0.0810. The molecule has 0 saturated carbocycles. The second-order valence-corrected chi connectivity index (χ2v) is 5.01. The smallest absolute Gasteiger partial charge is 0.158 e. The van der Waals surface area contributed by atoms with Crippen LogP contribution in [0.15, 0.2) is 29.2 Å². The fourth-order valence-electron chi connectivity index (χ4n) is 2.06. The molecule has 0 aliphatic carbocycles. The van der Waals surface area contributed by atoms with Gasteiger partial charge in [0, 0.05) is 13.1 Å². The second-order valence-electron chi connectivity index (χ2n) is 4.23. The molecule has 6 heteroatoms. The van der Waals surface area contributed by atoms with Gasteiger partial charge in [0.05, 0.1) is 19.0 Å². The molecule has 3 heterocycles. The maximum Gasteiger partial charge on any atom is 0.158 e. The number of anilines is 1. The molecule has 3 rings (SSSR count). The zero-order valence-electron chi connectivity index (χ0n) is 10.2. The van der Waals surface area contributed by atoms with Gasteiger partial charge in [-0.25, -0.2) is 9.97 Å². The summed E-state index contributed by atoms with van der Waals surface area (Å²) in [7, 11) is 0. The highest BCUT2D eigenvalue weighted by molar-refractivity contribution is 7.07. The third kappa shape index (κ3) is 2.57. The summed E-state index contributed by atoms with van der Waals surface area (Å²) in [5.74, 6) is 0.794. The van der Waals surface area contributed by atoms with Crippen LogP contribution in [0.2, 0.25) is 0 Å². The van der Waals surface area contributed by atoms with Gasteiger partial charge in [0.25, 0.3) is 0 Å². The van der Waals surface area contributed by atoms with Crippen LogP contribution < -0.4 is 4.90 Å². The predicted molar refractivity (Wildman–Crippen MR) is 72.0 cm³/mol. The average molecular weight is 272 g/mol. The highest BCUT2D eigenvalue weighted by atomic mass is 32.1. The number of thiophene rings is 1. The number of hydrogen-bond donors (Lipinski definition) is 0. The first kappa shape index (κ1) is 12.1. The Labute approximate surface area is 115 Å². The van der Waals surface area contributed by atoms with Crippen molar-refractivity contribution in [3.05, 3.63) is 40.5 Å². The van der Waals surface area contributed by atoms with Crippen LogP contribution in [-0.4, -0.2) is 29.7 Å². The Morgan fingerprint density at radius 2 is 2.37 bits per heavy atom. The van der Waals surface area contributed by atoms with Crippen LogP contribution in [0.25, 0.3) is 0 Å². The first-order valence-electron chi connectivity index (χ1n) is 5.97. The molecule has 0 aromatic carbocycles. The summed E-state index contributed by atoms with van der Waals surface area (Å²) in [6, 6.07) is 4.06. The minimum Gasteiger partial charge on any atom is -0.370 e. The molecule has 5 nitrogen and oxygen atoms in total. The Balaban J connectivity index is 1.76. The third-order valence-electron chi connectivity index (χ3n) is 3.06. The summed E-state index contributed by atoms with van der Waals surface area (Å²) < 4.78 is 5.78. The molecule has 1 aliphatic heterocycles. The Morgan fingerprint density at radius 1 is 1.42 bits per heavy atom. The minimum atomic E-state index is 0.0810. The molecule has 1 unspecified atom stereocenters. The summed E-state index contributed by atoms with van der Waals surface area (Å²) in [5, 5.41) is 12.9. The van der Waals surface area contributed by atoms with Crippen LogP contribution in [0.4, 0.5) is 5.82 Å². The highest BCUT2D eigenvalue weighted by Gasteiger charge is 2.23. The molecule has 0 N–H and O–H groups in total. The normalized spacial score (nSPS) is 19.1. The first-order chi connectivity index (χ1) is 9.36. The summed E-state index contributed by atoms with van der Waals surface area (Å²) in [4.78, 5) is 10.5. The SMILES string of the molecule is N#Cc1cnc(N2CCOC(c3ccsc3)C2)cn1. The van der Waals surface area contributed by atoms with E-state index < -0.39 is 0 Å². The summed E-state index contributed by atoms with van der Waals surface area (Å²) in [6.07, 6.45) is 3.23. The third-order valence-corrected chi connectivity index (χ3v) is 3.76. The van der Waals surface area contributed by atoms with Crippen LogP contribution in [-0.2, 0) is 4.74 Å². The standard InChI is InChI=1S/C13H12N4OS/c14-5-11-6-16-13(7-15-11)17-2-3-18-12(8-17)10-1-4-19-9-10/h1,4,6-7,9,12H,2-3,8H2. The Bertz CT molecular complexity index is 576. The molecule has 1 fully saturated rings. The quantitative estimate of drug-likeness (QED) is 0.836. The van der Waals surface area contributed by atoms with E-state index in [0.717, 1.165) is 18.9 Å². The Kier molecular flexibility index (Phi) is 3.40. The fourth-order valence-corrected chi connectivity index (χ4v) is 2.76. The van der Waals surface area contributed by atoms with Gasteiger partial charge >= 0.3 is 0 Å².